The standard InChI is InChI=1S/C16H24N2OS/c1-11-3-6-14(9-12(11)2)20-8-7-16(19)18-10-15(17)13-4-5-13/h3,6,9,13,15H,4-5,7-8,10,17H2,1-2H3,(H,18,19). The van der Waals surface area contributed by atoms with Crippen LogP contribution in [-0.4, -0.2) is 24.2 Å². The Bertz CT molecular complexity index is 472. The van der Waals surface area contributed by atoms with Gasteiger partial charge in [0.1, 0.15) is 0 Å². The third-order valence-corrected chi connectivity index (χ3v) is 4.83. The molecule has 0 heterocycles. The summed E-state index contributed by atoms with van der Waals surface area (Å²) in [7, 11) is 0. The van der Waals surface area contributed by atoms with Crippen molar-refractivity contribution in [3.63, 3.8) is 0 Å². The number of aryl methyl sites for hydroxylation is 2. The Morgan fingerprint density at radius 2 is 2.15 bits per heavy atom. The summed E-state index contributed by atoms with van der Waals surface area (Å²) in [6.07, 6.45) is 2.99. The number of carbonyl (C=O) groups is 1. The summed E-state index contributed by atoms with van der Waals surface area (Å²) in [5.41, 5.74) is 8.57. The number of hydrogen-bond acceptors (Lipinski definition) is 3. The van der Waals surface area contributed by atoms with Gasteiger partial charge in [0.2, 0.25) is 5.91 Å². The second-order valence-electron chi connectivity index (χ2n) is 5.65. The molecule has 4 heteroatoms. The van der Waals surface area contributed by atoms with Gasteiger partial charge in [-0.3, -0.25) is 4.79 Å². The van der Waals surface area contributed by atoms with Crippen molar-refractivity contribution < 1.29 is 4.79 Å². The largest absolute Gasteiger partial charge is 0.355 e. The molecule has 1 aliphatic carbocycles. The monoisotopic (exact) mass is 292 g/mol. The molecule has 0 aromatic heterocycles. The van der Waals surface area contributed by atoms with E-state index in [9.17, 15) is 4.79 Å². The number of rotatable bonds is 7. The van der Waals surface area contributed by atoms with Gasteiger partial charge in [-0.2, -0.15) is 0 Å². The number of amides is 1. The summed E-state index contributed by atoms with van der Waals surface area (Å²) in [5.74, 6) is 1.56. The van der Waals surface area contributed by atoms with Crippen LogP contribution >= 0.6 is 11.8 Å². The van der Waals surface area contributed by atoms with E-state index in [0.717, 1.165) is 5.75 Å². The fraction of sp³-hybridized carbons (Fsp3) is 0.562. The van der Waals surface area contributed by atoms with Crippen molar-refractivity contribution >= 4 is 17.7 Å². The van der Waals surface area contributed by atoms with Crippen LogP contribution in [0.15, 0.2) is 23.1 Å². The molecule has 2 rings (SSSR count). The number of benzene rings is 1. The second kappa shape index (κ2) is 7.14. The molecule has 1 unspecified atom stereocenters. The first kappa shape index (κ1) is 15.4. The van der Waals surface area contributed by atoms with Crippen LogP contribution in [0.5, 0.6) is 0 Å². The molecular weight excluding hydrogens is 268 g/mol. The topological polar surface area (TPSA) is 55.1 Å². The summed E-state index contributed by atoms with van der Waals surface area (Å²) in [6, 6.07) is 6.58. The summed E-state index contributed by atoms with van der Waals surface area (Å²) in [5, 5.41) is 2.93. The number of hydrogen-bond donors (Lipinski definition) is 2. The van der Waals surface area contributed by atoms with Crippen molar-refractivity contribution in [1.29, 1.82) is 0 Å². The van der Waals surface area contributed by atoms with Gasteiger partial charge in [-0.05, 0) is 55.9 Å². The Balaban J connectivity index is 1.64. The van der Waals surface area contributed by atoms with Gasteiger partial charge < -0.3 is 11.1 Å². The fourth-order valence-electron chi connectivity index (χ4n) is 2.08. The maximum Gasteiger partial charge on any atom is 0.220 e. The van der Waals surface area contributed by atoms with E-state index >= 15 is 0 Å². The molecule has 1 fully saturated rings. The molecule has 0 saturated heterocycles. The highest BCUT2D eigenvalue weighted by Crippen LogP contribution is 2.31. The zero-order valence-electron chi connectivity index (χ0n) is 12.3. The molecule has 0 aliphatic heterocycles. The molecule has 1 saturated carbocycles. The highest BCUT2D eigenvalue weighted by Gasteiger charge is 2.28. The Labute approximate surface area is 125 Å². The van der Waals surface area contributed by atoms with E-state index in [4.69, 9.17) is 5.73 Å². The third kappa shape index (κ3) is 4.84. The van der Waals surface area contributed by atoms with Crippen molar-refractivity contribution in [2.24, 2.45) is 11.7 Å². The zero-order chi connectivity index (χ0) is 14.5. The predicted molar refractivity (Wildman–Crippen MR) is 85.0 cm³/mol. The Morgan fingerprint density at radius 1 is 1.40 bits per heavy atom. The Kier molecular flexibility index (Phi) is 5.49. The van der Waals surface area contributed by atoms with Crippen LogP contribution < -0.4 is 11.1 Å². The third-order valence-electron chi connectivity index (χ3n) is 3.84. The first-order valence-electron chi connectivity index (χ1n) is 7.28. The highest BCUT2D eigenvalue weighted by molar-refractivity contribution is 7.99. The summed E-state index contributed by atoms with van der Waals surface area (Å²) in [6.45, 7) is 4.85. The van der Waals surface area contributed by atoms with Gasteiger partial charge in [0.25, 0.3) is 0 Å². The van der Waals surface area contributed by atoms with Crippen molar-refractivity contribution in [2.75, 3.05) is 12.3 Å². The van der Waals surface area contributed by atoms with Crippen LogP contribution in [-0.2, 0) is 4.79 Å². The SMILES string of the molecule is Cc1ccc(SCCC(=O)NCC(N)C2CC2)cc1C. The molecule has 3 nitrogen and oxygen atoms in total. The average Bonchev–Trinajstić information content (AvgIpc) is 3.24. The molecule has 1 aromatic carbocycles. The number of nitrogens with two attached hydrogens (primary N) is 1. The van der Waals surface area contributed by atoms with E-state index < -0.39 is 0 Å². The van der Waals surface area contributed by atoms with Gasteiger partial charge in [0, 0.05) is 29.7 Å². The van der Waals surface area contributed by atoms with E-state index in [-0.39, 0.29) is 11.9 Å². The van der Waals surface area contributed by atoms with Crippen molar-refractivity contribution in [1.82, 2.24) is 5.32 Å². The van der Waals surface area contributed by atoms with E-state index in [2.05, 4.69) is 37.4 Å². The molecule has 1 aliphatic rings. The lowest BCUT2D eigenvalue weighted by atomic mass is 10.1. The van der Waals surface area contributed by atoms with E-state index in [1.54, 1.807) is 11.8 Å². The van der Waals surface area contributed by atoms with Crippen molar-refractivity contribution in [3.05, 3.63) is 29.3 Å². The molecule has 0 radical (unpaired) electrons. The minimum absolute atomic E-state index is 0.109. The van der Waals surface area contributed by atoms with Gasteiger partial charge in [-0.1, -0.05) is 6.07 Å². The Hall–Kier alpha value is -1.00. The van der Waals surface area contributed by atoms with Crippen LogP contribution in [0.2, 0.25) is 0 Å². The van der Waals surface area contributed by atoms with Crippen LogP contribution in [0.3, 0.4) is 0 Å². The quantitative estimate of drug-likeness (QED) is 0.760. The number of carbonyl (C=O) groups excluding carboxylic acids is 1. The van der Waals surface area contributed by atoms with Crippen molar-refractivity contribution in [3.8, 4) is 0 Å². The lowest BCUT2D eigenvalue weighted by Gasteiger charge is -2.11. The zero-order valence-corrected chi connectivity index (χ0v) is 13.1. The summed E-state index contributed by atoms with van der Waals surface area (Å²) in [4.78, 5) is 13.0. The molecule has 1 amide bonds. The molecule has 110 valence electrons. The van der Waals surface area contributed by atoms with Gasteiger partial charge in [0.15, 0.2) is 0 Å². The molecule has 3 N–H and O–H groups in total. The molecule has 20 heavy (non-hydrogen) atoms. The molecule has 0 spiro atoms. The van der Waals surface area contributed by atoms with E-state index in [1.807, 2.05) is 0 Å². The molecule has 0 bridgehead atoms. The number of thioether (sulfide) groups is 1. The molecular formula is C16H24N2OS. The van der Waals surface area contributed by atoms with Crippen LogP contribution in [0, 0.1) is 19.8 Å². The first-order chi connectivity index (χ1) is 9.56. The average molecular weight is 292 g/mol. The smallest absolute Gasteiger partial charge is 0.220 e. The predicted octanol–water partition coefficient (Wildman–Crippen LogP) is 2.64. The van der Waals surface area contributed by atoms with Crippen molar-refractivity contribution in [2.45, 2.75) is 44.0 Å². The summed E-state index contributed by atoms with van der Waals surface area (Å²) < 4.78 is 0. The van der Waals surface area contributed by atoms with E-state index in [1.165, 1.54) is 28.9 Å². The van der Waals surface area contributed by atoms with Gasteiger partial charge in [-0.15, -0.1) is 11.8 Å². The Morgan fingerprint density at radius 3 is 2.80 bits per heavy atom. The lowest BCUT2D eigenvalue weighted by Crippen LogP contribution is -2.38. The molecule has 1 atom stereocenters. The van der Waals surface area contributed by atoms with Crippen LogP contribution in [0.25, 0.3) is 0 Å². The minimum atomic E-state index is 0.109. The number of nitrogens with one attached hydrogen (secondary N) is 1. The van der Waals surface area contributed by atoms with Gasteiger partial charge in [0.05, 0.1) is 0 Å². The van der Waals surface area contributed by atoms with E-state index in [0.29, 0.717) is 18.9 Å². The normalized spacial score (nSPS) is 15.9. The van der Waals surface area contributed by atoms with Gasteiger partial charge in [-0.25, -0.2) is 0 Å². The maximum atomic E-state index is 11.7. The lowest BCUT2D eigenvalue weighted by molar-refractivity contribution is -0.120. The van der Waals surface area contributed by atoms with Crippen LogP contribution in [0.4, 0.5) is 0 Å². The summed E-state index contributed by atoms with van der Waals surface area (Å²) >= 11 is 1.73. The second-order valence-corrected chi connectivity index (χ2v) is 6.82. The van der Waals surface area contributed by atoms with Gasteiger partial charge >= 0.3 is 0 Å². The van der Waals surface area contributed by atoms with Crippen LogP contribution in [0.1, 0.15) is 30.4 Å². The molecule has 1 aromatic rings. The minimum Gasteiger partial charge on any atom is -0.355 e. The maximum absolute atomic E-state index is 11.7. The first-order valence-corrected chi connectivity index (χ1v) is 8.27. The highest BCUT2D eigenvalue weighted by atomic mass is 32.2. The fourth-order valence-corrected chi connectivity index (χ4v) is 3.02.